The van der Waals surface area contributed by atoms with E-state index in [1.165, 1.54) is 19.3 Å². The molecule has 1 unspecified atom stereocenters. The predicted octanol–water partition coefficient (Wildman–Crippen LogP) is 4.15. The molecule has 2 aliphatic rings. The zero-order chi connectivity index (χ0) is 21.4. The molecule has 7 nitrogen and oxygen atoms in total. The molecule has 2 aromatic heterocycles. The first-order valence-corrected chi connectivity index (χ1v) is 11.8. The van der Waals surface area contributed by atoms with E-state index in [2.05, 4.69) is 44.5 Å². The number of tetrazole rings is 1. The number of rotatable bonds is 4. The molecule has 3 heterocycles. The summed E-state index contributed by atoms with van der Waals surface area (Å²) in [6, 6.07) is 8.31. The first kappa shape index (κ1) is 20.4. The molecule has 1 aliphatic carbocycles. The van der Waals surface area contributed by atoms with Crippen LogP contribution in [0.1, 0.15) is 80.9 Å². The molecule has 31 heavy (non-hydrogen) atoms. The van der Waals surface area contributed by atoms with E-state index in [1.807, 2.05) is 23.7 Å². The lowest BCUT2D eigenvalue weighted by atomic mass is 9.93. The van der Waals surface area contributed by atoms with Crippen molar-refractivity contribution in [2.45, 2.75) is 70.9 Å². The number of likely N-dealkylation sites (tertiary alicyclic amines) is 1. The van der Waals surface area contributed by atoms with Gasteiger partial charge in [-0.05, 0) is 79.1 Å². The number of hydrogen-bond acceptors (Lipinski definition) is 5. The van der Waals surface area contributed by atoms with Gasteiger partial charge in [0.2, 0.25) is 0 Å². The van der Waals surface area contributed by atoms with Gasteiger partial charge in [0.25, 0.3) is 5.56 Å². The summed E-state index contributed by atoms with van der Waals surface area (Å²) in [5.74, 6) is 1.53. The van der Waals surface area contributed by atoms with Crippen LogP contribution < -0.4 is 5.56 Å². The minimum atomic E-state index is -0.224. The molecule has 2 fully saturated rings. The molecule has 1 atom stereocenters. The number of aryl methyl sites for hydroxylation is 1. The van der Waals surface area contributed by atoms with Crippen LogP contribution in [0.5, 0.6) is 0 Å². The standard InChI is InChI=1S/C24H32N6O/c1-16-11-13-29(14-12-16)22(23-26-27-28-30(23)19-9-4-3-5-10-19)20-15-18-8-6-7-17(2)21(18)25-24(20)31/h6-8,15-16,19,22H,3-5,9-14H2,1-2H3,(H,25,31). The van der Waals surface area contributed by atoms with E-state index in [9.17, 15) is 4.79 Å². The number of benzene rings is 1. The molecular weight excluding hydrogens is 388 g/mol. The van der Waals surface area contributed by atoms with Gasteiger partial charge in [-0.2, -0.15) is 0 Å². The Morgan fingerprint density at radius 2 is 1.87 bits per heavy atom. The van der Waals surface area contributed by atoms with E-state index in [0.717, 1.165) is 66.6 Å². The van der Waals surface area contributed by atoms with Gasteiger partial charge < -0.3 is 4.98 Å². The van der Waals surface area contributed by atoms with Gasteiger partial charge in [-0.25, -0.2) is 4.68 Å². The summed E-state index contributed by atoms with van der Waals surface area (Å²) in [6.45, 7) is 6.25. The first-order chi connectivity index (χ1) is 15.1. The van der Waals surface area contributed by atoms with Gasteiger partial charge in [-0.15, -0.1) is 5.10 Å². The number of nitrogens with one attached hydrogen (secondary N) is 1. The highest BCUT2D eigenvalue weighted by Crippen LogP contribution is 2.34. The average molecular weight is 421 g/mol. The summed E-state index contributed by atoms with van der Waals surface area (Å²) in [4.78, 5) is 18.9. The summed E-state index contributed by atoms with van der Waals surface area (Å²) in [5.41, 5.74) is 2.70. The fourth-order valence-corrected chi connectivity index (χ4v) is 5.36. The lowest BCUT2D eigenvalue weighted by molar-refractivity contribution is 0.146. The third-order valence-corrected chi connectivity index (χ3v) is 7.28. The number of aromatic nitrogens is 5. The molecule has 1 aliphatic heterocycles. The maximum absolute atomic E-state index is 13.4. The summed E-state index contributed by atoms with van der Waals surface area (Å²) in [7, 11) is 0. The SMILES string of the molecule is Cc1cccc2cc(C(c3nnnn3C3CCCCC3)N3CCC(C)CC3)c(=O)[nH]c12. The van der Waals surface area contributed by atoms with Crippen molar-refractivity contribution in [3.8, 4) is 0 Å². The zero-order valence-corrected chi connectivity index (χ0v) is 18.5. The van der Waals surface area contributed by atoms with Crippen LogP contribution in [-0.4, -0.2) is 43.2 Å². The lowest BCUT2D eigenvalue weighted by Gasteiger charge is -2.36. The maximum atomic E-state index is 13.4. The normalized spacial score (nSPS) is 20.3. The van der Waals surface area contributed by atoms with Crippen LogP contribution in [0, 0.1) is 12.8 Å². The number of H-pyrrole nitrogens is 1. The second-order valence-corrected chi connectivity index (χ2v) is 9.49. The van der Waals surface area contributed by atoms with Gasteiger partial charge in [-0.3, -0.25) is 9.69 Å². The number of aromatic amines is 1. The quantitative estimate of drug-likeness (QED) is 0.686. The molecular formula is C24H32N6O. The molecule has 0 bridgehead atoms. The molecule has 5 rings (SSSR count). The summed E-state index contributed by atoms with van der Waals surface area (Å²) in [6.07, 6.45) is 8.19. The molecule has 1 aromatic carbocycles. The van der Waals surface area contributed by atoms with E-state index in [-0.39, 0.29) is 11.6 Å². The number of para-hydroxylation sites is 1. The molecule has 1 saturated heterocycles. The van der Waals surface area contributed by atoms with Crippen molar-refractivity contribution < 1.29 is 0 Å². The fraction of sp³-hybridized carbons (Fsp3) is 0.583. The largest absolute Gasteiger partial charge is 0.321 e. The van der Waals surface area contributed by atoms with Crippen molar-refractivity contribution in [1.29, 1.82) is 0 Å². The van der Waals surface area contributed by atoms with Crippen LogP contribution in [0.2, 0.25) is 0 Å². The fourth-order valence-electron chi connectivity index (χ4n) is 5.36. The van der Waals surface area contributed by atoms with Crippen LogP contribution in [0.15, 0.2) is 29.1 Å². The van der Waals surface area contributed by atoms with E-state index in [4.69, 9.17) is 0 Å². The van der Waals surface area contributed by atoms with Crippen molar-refractivity contribution in [2.24, 2.45) is 5.92 Å². The Bertz CT molecular complexity index is 1100. The van der Waals surface area contributed by atoms with Crippen molar-refractivity contribution in [1.82, 2.24) is 30.1 Å². The third-order valence-electron chi connectivity index (χ3n) is 7.28. The minimum absolute atomic E-state index is 0.0383. The molecule has 1 saturated carbocycles. The minimum Gasteiger partial charge on any atom is -0.321 e. The van der Waals surface area contributed by atoms with Gasteiger partial charge >= 0.3 is 0 Å². The van der Waals surface area contributed by atoms with Crippen molar-refractivity contribution in [2.75, 3.05) is 13.1 Å². The molecule has 0 spiro atoms. The average Bonchev–Trinajstić information content (AvgIpc) is 3.26. The number of hydrogen-bond donors (Lipinski definition) is 1. The maximum Gasteiger partial charge on any atom is 0.253 e. The van der Waals surface area contributed by atoms with Crippen LogP contribution in [0.25, 0.3) is 10.9 Å². The van der Waals surface area contributed by atoms with Crippen LogP contribution in [0.3, 0.4) is 0 Å². The smallest absolute Gasteiger partial charge is 0.253 e. The van der Waals surface area contributed by atoms with E-state index in [1.54, 1.807) is 0 Å². The summed E-state index contributed by atoms with van der Waals surface area (Å²) >= 11 is 0. The van der Waals surface area contributed by atoms with E-state index >= 15 is 0 Å². The number of nitrogens with zero attached hydrogens (tertiary/aromatic N) is 5. The van der Waals surface area contributed by atoms with Gasteiger partial charge in [0.1, 0.15) is 6.04 Å². The number of fused-ring (bicyclic) bond motifs is 1. The highest BCUT2D eigenvalue weighted by molar-refractivity contribution is 5.82. The van der Waals surface area contributed by atoms with Crippen molar-refractivity contribution in [3.63, 3.8) is 0 Å². The Morgan fingerprint density at radius 1 is 1.10 bits per heavy atom. The molecule has 0 radical (unpaired) electrons. The van der Waals surface area contributed by atoms with Crippen LogP contribution >= 0.6 is 0 Å². The lowest BCUT2D eigenvalue weighted by Crippen LogP contribution is -2.40. The Kier molecular flexibility index (Phi) is 5.61. The van der Waals surface area contributed by atoms with Gasteiger partial charge in [0.15, 0.2) is 5.82 Å². The zero-order valence-electron chi connectivity index (χ0n) is 18.5. The molecule has 164 valence electrons. The number of pyridine rings is 1. The second kappa shape index (κ2) is 8.54. The Hall–Kier alpha value is -2.54. The van der Waals surface area contributed by atoms with Gasteiger partial charge in [0, 0.05) is 5.56 Å². The predicted molar refractivity (Wildman–Crippen MR) is 121 cm³/mol. The Labute approximate surface area is 182 Å². The van der Waals surface area contributed by atoms with Crippen molar-refractivity contribution >= 4 is 10.9 Å². The molecule has 0 amide bonds. The third kappa shape index (κ3) is 3.91. The number of piperidine rings is 1. The topological polar surface area (TPSA) is 79.7 Å². The van der Waals surface area contributed by atoms with E-state index < -0.39 is 0 Å². The van der Waals surface area contributed by atoms with E-state index in [0.29, 0.717) is 12.0 Å². The second-order valence-electron chi connectivity index (χ2n) is 9.49. The molecule has 1 N–H and O–H groups in total. The van der Waals surface area contributed by atoms with Crippen molar-refractivity contribution in [3.05, 3.63) is 51.6 Å². The van der Waals surface area contributed by atoms with Crippen LogP contribution in [-0.2, 0) is 0 Å². The van der Waals surface area contributed by atoms with Gasteiger partial charge in [0.05, 0.1) is 11.6 Å². The highest BCUT2D eigenvalue weighted by atomic mass is 16.1. The highest BCUT2D eigenvalue weighted by Gasteiger charge is 2.34. The Morgan fingerprint density at radius 3 is 2.65 bits per heavy atom. The molecule has 3 aromatic rings. The monoisotopic (exact) mass is 420 g/mol. The summed E-state index contributed by atoms with van der Waals surface area (Å²) in [5, 5.41) is 14.1. The Balaban J connectivity index is 1.63. The van der Waals surface area contributed by atoms with Crippen LogP contribution in [0.4, 0.5) is 0 Å². The first-order valence-electron chi connectivity index (χ1n) is 11.8. The molecule has 7 heteroatoms. The summed E-state index contributed by atoms with van der Waals surface area (Å²) < 4.78 is 2.03. The van der Waals surface area contributed by atoms with Gasteiger partial charge in [-0.1, -0.05) is 44.4 Å².